The van der Waals surface area contributed by atoms with E-state index in [1.54, 1.807) is 17.0 Å². The number of piperidine rings is 1. The van der Waals surface area contributed by atoms with Crippen LogP contribution in [0.25, 0.3) is 0 Å². The van der Waals surface area contributed by atoms with E-state index in [1.165, 1.54) is 12.1 Å². The lowest BCUT2D eigenvalue weighted by atomic mass is 9.73. The number of fused-ring (bicyclic) bond motifs is 3. The molecule has 0 spiro atoms. The summed E-state index contributed by atoms with van der Waals surface area (Å²) in [5, 5.41) is 14.1. The van der Waals surface area contributed by atoms with Crippen LogP contribution in [0.3, 0.4) is 0 Å². The van der Waals surface area contributed by atoms with Crippen LogP contribution in [0.2, 0.25) is 0 Å². The van der Waals surface area contributed by atoms with Gasteiger partial charge in [-0.25, -0.2) is 4.39 Å². The maximum absolute atomic E-state index is 13.4. The van der Waals surface area contributed by atoms with Crippen LogP contribution < -0.4 is 14.8 Å². The van der Waals surface area contributed by atoms with Gasteiger partial charge in [-0.05, 0) is 61.1 Å². The van der Waals surface area contributed by atoms with Gasteiger partial charge in [-0.2, -0.15) is 0 Å². The number of nitrogens with zero attached hydrogens (tertiary/aromatic N) is 1. The number of rotatable bonds is 4. The van der Waals surface area contributed by atoms with E-state index in [-0.39, 0.29) is 36.2 Å². The molecule has 6 rings (SSSR count). The largest absolute Gasteiger partial charge is 0.493 e. The Balaban J connectivity index is 1.02. The molecule has 2 amide bonds. The summed E-state index contributed by atoms with van der Waals surface area (Å²) < 4.78 is 24.8. The molecule has 0 bridgehead atoms. The number of hydrogen-bond donors (Lipinski definition) is 2. The first-order valence-electron chi connectivity index (χ1n) is 13.4. The van der Waals surface area contributed by atoms with Gasteiger partial charge in [0.05, 0.1) is 12.5 Å². The van der Waals surface area contributed by atoms with Crippen molar-refractivity contribution in [2.45, 2.75) is 50.7 Å². The normalized spacial score (nSPS) is 27.1. The van der Waals surface area contributed by atoms with Crippen molar-refractivity contribution in [1.82, 2.24) is 10.2 Å². The van der Waals surface area contributed by atoms with E-state index < -0.39 is 6.10 Å². The van der Waals surface area contributed by atoms with Gasteiger partial charge in [0.25, 0.3) is 5.91 Å². The number of ether oxygens (including phenoxy) is 2. The van der Waals surface area contributed by atoms with Crippen molar-refractivity contribution < 1.29 is 28.6 Å². The highest BCUT2D eigenvalue weighted by Gasteiger charge is 2.39. The van der Waals surface area contributed by atoms with Crippen molar-refractivity contribution in [3.05, 3.63) is 58.9 Å². The summed E-state index contributed by atoms with van der Waals surface area (Å²) in [6.07, 6.45) is 3.71. The first-order chi connectivity index (χ1) is 18.0. The lowest BCUT2D eigenvalue weighted by Gasteiger charge is -2.44. The average Bonchev–Trinajstić information content (AvgIpc) is 3.41. The van der Waals surface area contributed by atoms with Gasteiger partial charge in [-0.3, -0.25) is 9.59 Å². The molecular formula is C29H33FN2O5. The van der Waals surface area contributed by atoms with E-state index in [0.717, 1.165) is 43.2 Å². The van der Waals surface area contributed by atoms with E-state index in [0.29, 0.717) is 55.0 Å². The summed E-state index contributed by atoms with van der Waals surface area (Å²) >= 11 is 0. The standard InChI is InChI=1S/C29H33FN2O5/c30-22-6-4-19-12-21(16-37-25(19)14-22)28(34)31-23-7-5-20-15-32(10-8-18(20)13-23)29(35)26(33)24-3-1-2-17-9-11-36-27(17)24/h1-4,6,14,18,20-21,23,26,33H,5,7-13,15-16H2,(H,31,34). The molecule has 3 heterocycles. The molecule has 0 aromatic heterocycles. The highest BCUT2D eigenvalue weighted by Crippen LogP contribution is 2.39. The number of carbonyl (C=O) groups is 2. The fraction of sp³-hybridized carbons (Fsp3) is 0.517. The molecule has 3 aliphatic heterocycles. The molecular weight excluding hydrogens is 475 g/mol. The van der Waals surface area contributed by atoms with Crippen LogP contribution in [0.1, 0.15) is 48.5 Å². The van der Waals surface area contributed by atoms with Crippen LogP contribution in [-0.4, -0.2) is 54.2 Å². The molecule has 2 fully saturated rings. The number of aliphatic hydroxyl groups excluding tert-OH is 1. The quantitative estimate of drug-likeness (QED) is 0.663. The van der Waals surface area contributed by atoms with E-state index in [2.05, 4.69) is 5.32 Å². The van der Waals surface area contributed by atoms with Crippen molar-refractivity contribution in [3.63, 3.8) is 0 Å². The van der Waals surface area contributed by atoms with Crippen molar-refractivity contribution in [1.29, 1.82) is 0 Å². The van der Waals surface area contributed by atoms with Crippen LogP contribution >= 0.6 is 0 Å². The van der Waals surface area contributed by atoms with E-state index in [4.69, 9.17) is 9.47 Å². The second-order valence-electron chi connectivity index (χ2n) is 10.9. The number of carbonyl (C=O) groups excluding carboxylic acids is 2. The zero-order valence-corrected chi connectivity index (χ0v) is 20.8. The van der Waals surface area contributed by atoms with Crippen LogP contribution in [0, 0.1) is 23.6 Å². The lowest BCUT2D eigenvalue weighted by molar-refractivity contribution is -0.143. The predicted octanol–water partition coefficient (Wildman–Crippen LogP) is 3.18. The van der Waals surface area contributed by atoms with Crippen molar-refractivity contribution in [2.75, 3.05) is 26.3 Å². The number of nitrogens with one attached hydrogen (secondary N) is 1. The van der Waals surface area contributed by atoms with E-state index in [9.17, 15) is 19.1 Å². The van der Waals surface area contributed by atoms with E-state index >= 15 is 0 Å². The fourth-order valence-corrected chi connectivity index (χ4v) is 6.54. The van der Waals surface area contributed by atoms with Crippen molar-refractivity contribution in [2.24, 2.45) is 17.8 Å². The smallest absolute Gasteiger partial charge is 0.256 e. The highest BCUT2D eigenvalue weighted by molar-refractivity contribution is 5.83. The Morgan fingerprint density at radius 1 is 1.08 bits per heavy atom. The molecule has 2 aromatic rings. The Morgan fingerprint density at radius 2 is 1.97 bits per heavy atom. The van der Waals surface area contributed by atoms with Gasteiger partial charge in [0.1, 0.15) is 23.9 Å². The maximum Gasteiger partial charge on any atom is 0.256 e. The third-order valence-corrected chi connectivity index (χ3v) is 8.60. The van der Waals surface area contributed by atoms with Gasteiger partial charge in [-0.1, -0.05) is 24.3 Å². The van der Waals surface area contributed by atoms with Gasteiger partial charge >= 0.3 is 0 Å². The Hall–Kier alpha value is -3.13. The molecule has 7 nitrogen and oxygen atoms in total. The Kier molecular flexibility index (Phi) is 6.53. The minimum Gasteiger partial charge on any atom is -0.493 e. The van der Waals surface area contributed by atoms with Crippen LogP contribution in [0.5, 0.6) is 11.5 Å². The summed E-state index contributed by atoms with van der Waals surface area (Å²) in [7, 11) is 0. The minimum atomic E-state index is -1.21. The number of hydrogen-bond acceptors (Lipinski definition) is 5. The number of para-hydroxylation sites is 1. The molecule has 196 valence electrons. The van der Waals surface area contributed by atoms with Crippen molar-refractivity contribution in [3.8, 4) is 11.5 Å². The second kappa shape index (κ2) is 9.97. The highest BCUT2D eigenvalue weighted by atomic mass is 19.1. The number of likely N-dealkylation sites (tertiary alicyclic amines) is 1. The van der Waals surface area contributed by atoms with Gasteiger partial charge in [0.2, 0.25) is 5.91 Å². The summed E-state index contributed by atoms with van der Waals surface area (Å²) in [5.41, 5.74) is 2.47. The molecule has 0 radical (unpaired) electrons. The van der Waals surface area contributed by atoms with Gasteiger partial charge in [0.15, 0.2) is 6.10 Å². The molecule has 37 heavy (non-hydrogen) atoms. The second-order valence-corrected chi connectivity index (χ2v) is 10.9. The van der Waals surface area contributed by atoms with Gasteiger partial charge in [-0.15, -0.1) is 0 Å². The number of amides is 2. The zero-order chi connectivity index (χ0) is 25.5. The molecule has 2 aromatic carbocycles. The van der Waals surface area contributed by atoms with Crippen LogP contribution in [0.15, 0.2) is 36.4 Å². The van der Waals surface area contributed by atoms with E-state index in [1.807, 2.05) is 12.1 Å². The molecule has 8 heteroatoms. The summed E-state index contributed by atoms with van der Waals surface area (Å²) in [4.78, 5) is 28.0. The van der Waals surface area contributed by atoms with Gasteiger partial charge < -0.3 is 24.8 Å². The molecule has 5 atom stereocenters. The summed E-state index contributed by atoms with van der Waals surface area (Å²) in [6, 6.07) is 10.2. The van der Waals surface area contributed by atoms with Gasteiger partial charge in [0, 0.05) is 37.2 Å². The SMILES string of the molecule is O=C(NC1CCC2CN(C(=O)C(O)c3cccc4c3OCC4)CCC2C1)C1COc2cc(F)ccc2C1. The Labute approximate surface area is 215 Å². The third-order valence-electron chi connectivity index (χ3n) is 8.60. The Morgan fingerprint density at radius 3 is 2.86 bits per heavy atom. The number of halogens is 1. The molecule has 1 saturated heterocycles. The first-order valence-corrected chi connectivity index (χ1v) is 13.4. The number of benzene rings is 2. The molecule has 2 N–H and O–H groups in total. The fourth-order valence-electron chi connectivity index (χ4n) is 6.54. The average molecular weight is 509 g/mol. The summed E-state index contributed by atoms with van der Waals surface area (Å²) in [6.45, 7) is 2.09. The maximum atomic E-state index is 13.4. The topological polar surface area (TPSA) is 88.1 Å². The Bertz CT molecular complexity index is 1200. The predicted molar refractivity (Wildman–Crippen MR) is 134 cm³/mol. The third kappa shape index (κ3) is 4.79. The van der Waals surface area contributed by atoms with Crippen LogP contribution in [0.4, 0.5) is 4.39 Å². The molecule has 4 aliphatic rings. The number of aliphatic hydroxyl groups is 1. The first kappa shape index (κ1) is 24.2. The molecule has 1 saturated carbocycles. The molecule has 1 aliphatic carbocycles. The summed E-state index contributed by atoms with van der Waals surface area (Å²) in [5.74, 6) is 1.13. The monoisotopic (exact) mass is 508 g/mol. The zero-order valence-electron chi connectivity index (χ0n) is 20.8. The lowest BCUT2D eigenvalue weighted by Crippen LogP contribution is -2.51. The van der Waals surface area contributed by atoms with Crippen molar-refractivity contribution >= 4 is 11.8 Å². The molecule has 5 unspecified atom stereocenters. The van der Waals surface area contributed by atoms with Crippen LogP contribution in [-0.2, 0) is 22.4 Å². The minimum absolute atomic E-state index is 0.00762.